The van der Waals surface area contributed by atoms with Crippen molar-refractivity contribution in [3.05, 3.63) is 29.8 Å². The highest BCUT2D eigenvalue weighted by Gasteiger charge is 2.07. The molecule has 0 heterocycles. The van der Waals surface area contributed by atoms with E-state index in [1.54, 1.807) is 30.3 Å². The number of nitrogen functional groups attached to an aromatic ring is 1. The predicted octanol–water partition coefficient (Wildman–Crippen LogP) is 0.562. The maximum atomic E-state index is 11.2. The van der Waals surface area contributed by atoms with Gasteiger partial charge in [0.15, 0.2) is 6.61 Å². The Morgan fingerprint density at radius 2 is 1.95 bits per heavy atom. The van der Waals surface area contributed by atoms with Gasteiger partial charge in [-0.25, -0.2) is 4.79 Å². The molecule has 0 unspecified atom stereocenters. The first-order chi connectivity index (χ1) is 9.11. The Bertz CT molecular complexity index is 479. The molecule has 0 spiro atoms. The van der Waals surface area contributed by atoms with Gasteiger partial charge >= 0.3 is 12.1 Å². The van der Waals surface area contributed by atoms with Gasteiger partial charge in [0.25, 0.3) is 0 Å². The first-order valence-electron chi connectivity index (χ1n) is 5.39. The van der Waals surface area contributed by atoms with Crippen LogP contribution in [0.4, 0.5) is 10.5 Å². The van der Waals surface area contributed by atoms with Crippen LogP contribution < -0.4 is 11.1 Å². The molecular formula is C12H13N3O4. The first kappa shape index (κ1) is 14.3. The molecule has 7 heteroatoms. The highest BCUT2D eigenvalue weighted by molar-refractivity contribution is 5.77. The van der Waals surface area contributed by atoms with E-state index in [4.69, 9.17) is 15.7 Å². The molecule has 100 valence electrons. The maximum Gasteiger partial charge on any atom is 0.407 e. The topological polar surface area (TPSA) is 114 Å². The lowest BCUT2D eigenvalue weighted by Gasteiger charge is -2.06. The van der Waals surface area contributed by atoms with Crippen molar-refractivity contribution >= 4 is 17.7 Å². The van der Waals surface area contributed by atoms with Crippen molar-refractivity contribution in [1.82, 2.24) is 5.32 Å². The molecule has 0 aromatic heterocycles. The van der Waals surface area contributed by atoms with Crippen LogP contribution in [0, 0.1) is 11.3 Å². The summed E-state index contributed by atoms with van der Waals surface area (Å²) in [5, 5.41) is 10.4. The number of alkyl carbamates (subject to hydrolysis) is 1. The van der Waals surface area contributed by atoms with Gasteiger partial charge in [0.2, 0.25) is 0 Å². The summed E-state index contributed by atoms with van der Waals surface area (Å²) in [7, 11) is 0. The zero-order chi connectivity index (χ0) is 14.1. The molecule has 0 fully saturated rings. The van der Waals surface area contributed by atoms with Gasteiger partial charge < -0.3 is 20.5 Å². The minimum Gasteiger partial charge on any atom is -0.449 e. The number of anilines is 1. The van der Waals surface area contributed by atoms with Gasteiger partial charge in [-0.1, -0.05) is 12.1 Å². The number of hydrogen-bond acceptors (Lipinski definition) is 6. The third-order valence-corrected chi connectivity index (χ3v) is 2.02. The van der Waals surface area contributed by atoms with Gasteiger partial charge in [0.05, 0.1) is 0 Å². The lowest BCUT2D eigenvalue weighted by molar-refractivity contribution is -0.141. The molecule has 1 rings (SSSR count). The number of nitrogens with one attached hydrogen (secondary N) is 1. The van der Waals surface area contributed by atoms with E-state index in [1.165, 1.54) is 0 Å². The van der Waals surface area contributed by atoms with E-state index >= 15 is 0 Å². The second-order valence-electron chi connectivity index (χ2n) is 3.49. The molecule has 0 radical (unpaired) electrons. The Hall–Kier alpha value is -2.75. The molecule has 0 aliphatic heterocycles. The molecule has 0 bridgehead atoms. The molecule has 1 aromatic carbocycles. The number of benzene rings is 1. The molecule has 0 saturated heterocycles. The van der Waals surface area contributed by atoms with Crippen molar-refractivity contribution in [3.63, 3.8) is 0 Å². The monoisotopic (exact) mass is 263 g/mol. The normalized spacial score (nSPS) is 9.21. The smallest absolute Gasteiger partial charge is 0.407 e. The van der Waals surface area contributed by atoms with Gasteiger partial charge in [-0.15, -0.1) is 0 Å². The molecule has 19 heavy (non-hydrogen) atoms. The Balaban J connectivity index is 2.23. The summed E-state index contributed by atoms with van der Waals surface area (Å²) in [6.45, 7) is -0.622. The number of hydrogen-bond donors (Lipinski definition) is 2. The average Bonchev–Trinajstić information content (AvgIpc) is 2.42. The molecule has 0 atom stereocenters. The van der Waals surface area contributed by atoms with Crippen LogP contribution in [0.15, 0.2) is 24.3 Å². The molecule has 3 N–H and O–H groups in total. The number of carbonyl (C=O) groups is 2. The predicted molar refractivity (Wildman–Crippen MR) is 65.6 cm³/mol. The fraction of sp³-hybridized carbons (Fsp3) is 0.250. The molecular weight excluding hydrogens is 250 g/mol. The first-order valence-corrected chi connectivity index (χ1v) is 5.39. The number of nitrogens with zero attached hydrogens (tertiary/aromatic N) is 1. The van der Waals surface area contributed by atoms with Crippen molar-refractivity contribution in [2.75, 3.05) is 18.9 Å². The summed E-state index contributed by atoms with van der Waals surface area (Å²) in [6.07, 6.45) is -0.745. The Morgan fingerprint density at radius 3 is 2.58 bits per heavy atom. The molecule has 0 aliphatic rings. The van der Waals surface area contributed by atoms with Crippen LogP contribution in [0.25, 0.3) is 0 Å². The standard InChI is InChI=1S/C12H13N3O4/c13-5-6-18-11(16)7-15-12(17)19-8-9-1-3-10(14)4-2-9/h1-4H,6-8,14H2,(H,15,17). The van der Waals surface area contributed by atoms with Crippen LogP contribution in [0.5, 0.6) is 0 Å². The van der Waals surface area contributed by atoms with Crippen molar-refractivity contribution in [3.8, 4) is 6.07 Å². The van der Waals surface area contributed by atoms with Crippen LogP contribution >= 0.6 is 0 Å². The van der Waals surface area contributed by atoms with Crippen molar-refractivity contribution in [2.45, 2.75) is 6.61 Å². The lowest BCUT2D eigenvalue weighted by Crippen LogP contribution is -2.31. The van der Waals surface area contributed by atoms with Gasteiger partial charge in [-0.05, 0) is 17.7 Å². The summed E-state index contributed by atoms with van der Waals surface area (Å²) in [4.78, 5) is 22.2. The largest absolute Gasteiger partial charge is 0.449 e. The molecule has 0 saturated carbocycles. The summed E-state index contributed by atoms with van der Waals surface area (Å²) in [6, 6.07) is 8.47. The lowest BCUT2D eigenvalue weighted by atomic mass is 10.2. The Labute approximate surface area is 109 Å². The van der Waals surface area contributed by atoms with E-state index < -0.39 is 12.1 Å². The number of rotatable bonds is 5. The number of ether oxygens (including phenoxy) is 2. The number of nitrogens with two attached hydrogens (primary N) is 1. The van der Waals surface area contributed by atoms with E-state index in [0.29, 0.717) is 5.69 Å². The van der Waals surface area contributed by atoms with Crippen LogP contribution in [0.2, 0.25) is 0 Å². The molecule has 7 nitrogen and oxygen atoms in total. The minimum absolute atomic E-state index is 0.0688. The molecule has 1 amide bonds. The van der Waals surface area contributed by atoms with Crippen molar-refractivity contribution in [1.29, 1.82) is 5.26 Å². The van der Waals surface area contributed by atoms with Crippen LogP contribution in [-0.4, -0.2) is 25.2 Å². The van der Waals surface area contributed by atoms with Crippen molar-refractivity contribution in [2.24, 2.45) is 0 Å². The Kier molecular flexibility index (Phi) is 5.69. The molecule has 1 aromatic rings. The third-order valence-electron chi connectivity index (χ3n) is 2.02. The zero-order valence-electron chi connectivity index (χ0n) is 10.1. The maximum absolute atomic E-state index is 11.2. The van der Waals surface area contributed by atoms with E-state index in [9.17, 15) is 9.59 Å². The summed E-state index contributed by atoms with van der Waals surface area (Å²) < 4.78 is 9.29. The number of carbonyl (C=O) groups excluding carboxylic acids is 2. The number of amides is 1. The average molecular weight is 263 g/mol. The van der Waals surface area contributed by atoms with Crippen LogP contribution in [0.3, 0.4) is 0 Å². The minimum atomic E-state index is -0.745. The summed E-state index contributed by atoms with van der Waals surface area (Å²) >= 11 is 0. The fourth-order valence-corrected chi connectivity index (χ4v) is 1.12. The number of esters is 1. The molecule has 0 aliphatic carbocycles. The van der Waals surface area contributed by atoms with Gasteiger partial charge in [0.1, 0.15) is 19.2 Å². The van der Waals surface area contributed by atoms with E-state index in [1.807, 2.05) is 0 Å². The van der Waals surface area contributed by atoms with Crippen LogP contribution in [0.1, 0.15) is 5.56 Å². The zero-order valence-corrected chi connectivity index (χ0v) is 10.1. The van der Waals surface area contributed by atoms with E-state index in [2.05, 4.69) is 10.1 Å². The van der Waals surface area contributed by atoms with E-state index in [0.717, 1.165) is 5.56 Å². The summed E-state index contributed by atoms with van der Waals surface area (Å²) in [5.74, 6) is -0.703. The number of nitriles is 1. The van der Waals surface area contributed by atoms with E-state index in [-0.39, 0.29) is 19.8 Å². The Morgan fingerprint density at radius 1 is 1.26 bits per heavy atom. The highest BCUT2D eigenvalue weighted by Crippen LogP contribution is 2.06. The second-order valence-corrected chi connectivity index (χ2v) is 3.49. The fourth-order valence-electron chi connectivity index (χ4n) is 1.12. The highest BCUT2D eigenvalue weighted by atomic mass is 16.6. The van der Waals surface area contributed by atoms with Gasteiger partial charge in [0, 0.05) is 5.69 Å². The van der Waals surface area contributed by atoms with Crippen LogP contribution in [-0.2, 0) is 20.9 Å². The van der Waals surface area contributed by atoms with Crippen molar-refractivity contribution < 1.29 is 19.1 Å². The van der Waals surface area contributed by atoms with Gasteiger partial charge in [-0.3, -0.25) is 4.79 Å². The second kappa shape index (κ2) is 7.55. The third kappa shape index (κ3) is 5.93. The SMILES string of the molecule is N#CCOC(=O)CNC(=O)OCc1ccc(N)cc1. The van der Waals surface area contributed by atoms with Gasteiger partial charge in [-0.2, -0.15) is 5.26 Å². The summed E-state index contributed by atoms with van der Waals surface area (Å²) in [5.41, 5.74) is 6.90. The quantitative estimate of drug-likeness (QED) is 0.592.